The summed E-state index contributed by atoms with van der Waals surface area (Å²) in [6.45, 7) is 6.27. The van der Waals surface area contributed by atoms with Crippen LogP contribution in [0.4, 0.5) is 5.69 Å². The fourth-order valence-electron chi connectivity index (χ4n) is 2.74. The molecule has 2 rings (SSSR count). The number of nitro benzene ring substituents is 1. The van der Waals surface area contributed by atoms with E-state index in [4.69, 9.17) is 16.3 Å². The molecule has 31 heavy (non-hydrogen) atoms. The molecule has 0 fully saturated rings. The zero-order chi connectivity index (χ0) is 23.0. The highest BCUT2D eigenvalue weighted by Gasteiger charge is 2.26. The molecule has 166 valence electrons. The number of hydrogen-bond acceptors (Lipinski definition) is 6. The second kappa shape index (κ2) is 11.3. The second-order valence-electron chi connectivity index (χ2n) is 7.15. The van der Waals surface area contributed by atoms with Crippen LogP contribution in [-0.2, 0) is 11.3 Å². The maximum atomic E-state index is 12.8. The van der Waals surface area contributed by atoms with Gasteiger partial charge < -0.3 is 15.4 Å². The zero-order valence-electron chi connectivity index (χ0n) is 17.6. The first-order valence-electron chi connectivity index (χ1n) is 9.83. The number of ether oxygens (including phenoxy) is 1. The molecular formula is C21H25ClN4O5. The third-order valence-corrected chi connectivity index (χ3v) is 4.70. The first-order chi connectivity index (χ1) is 14.7. The van der Waals surface area contributed by atoms with E-state index >= 15 is 0 Å². The topological polar surface area (TPSA) is 123 Å². The average molecular weight is 449 g/mol. The van der Waals surface area contributed by atoms with Gasteiger partial charge in [-0.1, -0.05) is 38.4 Å². The molecule has 2 aromatic rings. The van der Waals surface area contributed by atoms with Crippen molar-refractivity contribution in [2.24, 2.45) is 5.92 Å². The lowest BCUT2D eigenvalue weighted by Crippen LogP contribution is -2.49. The normalized spacial score (nSPS) is 11.6. The Morgan fingerprint density at radius 2 is 2.03 bits per heavy atom. The number of amides is 2. The Labute approximate surface area is 185 Å². The molecule has 1 heterocycles. The van der Waals surface area contributed by atoms with Gasteiger partial charge in [0, 0.05) is 30.4 Å². The van der Waals surface area contributed by atoms with Gasteiger partial charge in [-0.15, -0.1) is 0 Å². The highest BCUT2D eigenvalue weighted by Crippen LogP contribution is 2.23. The summed E-state index contributed by atoms with van der Waals surface area (Å²) in [4.78, 5) is 39.8. The van der Waals surface area contributed by atoms with E-state index in [-0.39, 0.29) is 34.6 Å². The Morgan fingerprint density at radius 3 is 2.65 bits per heavy atom. The summed E-state index contributed by atoms with van der Waals surface area (Å²) in [5.41, 5.74) is 0.544. The minimum atomic E-state index is -0.838. The standard InChI is InChI=1S/C21H25ClN4O5/c1-4-10-31-21-14(6-5-9-23-21)12-24-20(28)18(13(2)3)25-19(27)16-8-7-15(26(29)30)11-17(16)22/h5-9,11,13,18H,4,10,12H2,1-3H3,(H,24,28)(H,25,27). The number of halogens is 1. The van der Waals surface area contributed by atoms with Gasteiger partial charge in [-0.3, -0.25) is 19.7 Å². The molecule has 1 aromatic heterocycles. The van der Waals surface area contributed by atoms with Crippen molar-refractivity contribution < 1.29 is 19.2 Å². The van der Waals surface area contributed by atoms with Crippen LogP contribution < -0.4 is 15.4 Å². The van der Waals surface area contributed by atoms with E-state index in [1.54, 1.807) is 32.2 Å². The quantitative estimate of drug-likeness (QED) is 0.423. The van der Waals surface area contributed by atoms with Crippen molar-refractivity contribution >= 4 is 29.1 Å². The number of pyridine rings is 1. The molecule has 0 bridgehead atoms. The number of nitrogens with one attached hydrogen (secondary N) is 2. The average Bonchev–Trinajstić information content (AvgIpc) is 2.74. The molecule has 0 spiro atoms. The number of aromatic nitrogens is 1. The molecular weight excluding hydrogens is 424 g/mol. The molecule has 2 N–H and O–H groups in total. The SMILES string of the molecule is CCCOc1ncccc1CNC(=O)C(NC(=O)c1ccc([N+](=O)[O-])cc1Cl)C(C)C. The lowest BCUT2D eigenvalue weighted by molar-refractivity contribution is -0.384. The van der Waals surface area contributed by atoms with E-state index in [1.807, 2.05) is 6.92 Å². The Kier molecular flexibility index (Phi) is 8.75. The van der Waals surface area contributed by atoms with Crippen LogP contribution in [0.5, 0.6) is 5.88 Å². The molecule has 0 saturated carbocycles. The Balaban J connectivity index is 2.08. The molecule has 0 radical (unpaired) electrons. The van der Waals surface area contributed by atoms with E-state index < -0.39 is 16.9 Å². The molecule has 0 aliphatic rings. The molecule has 0 aliphatic carbocycles. The van der Waals surface area contributed by atoms with Crippen LogP contribution in [0, 0.1) is 16.0 Å². The molecule has 0 saturated heterocycles. The van der Waals surface area contributed by atoms with Gasteiger partial charge >= 0.3 is 0 Å². The summed E-state index contributed by atoms with van der Waals surface area (Å²) < 4.78 is 5.59. The van der Waals surface area contributed by atoms with E-state index in [0.29, 0.717) is 12.5 Å². The molecule has 9 nitrogen and oxygen atoms in total. The fraction of sp³-hybridized carbons (Fsp3) is 0.381. The molecule has 10 heteroatoms. The van der Waals surface area contributed by atoms with Crippen LogP contribution in [0.1, 0.15) is 43.1 Å². The molecule has 1 unspecified atom stereocenters. The van der Waals surface area contributed by atoms with E-state index in [2.05, 4.69) is 15.6 Å². The number of nitrogens with zero attached hydrogens (tertiary/aromatic N) is 2. The smallest absolute Gasteiger partial charge is 0.270 e. The number of hydrogen-bond donors (Lipinski definition) is 2. The number of carbonyl (C=O) groups is 2. The summed E-state index contributed by atoms with van der Waals surface area (Å²) in [5, 5.41) is 16.2. The molecule has 1 aromatic carbocycles. The fourth-order valence-corrected chi connectivity index (χ4v) is 3.00. The van der Waals surface area contributed by atoms with Gasteiger partial charge in [0.05, 0.1) is 22.1 Å². The minimum Gasteiger partial charge on any atom is -0.477 e. The first-order valence-corrected chi connectivity index (χ1v) is 10.2. The van der Waals surface area contributed by atoms with Gasteiger partial charge in [0.1, 0.15) is 6.04 Å². The van der Waals surface area contributed by atoms with Crippen molar-refractivity contribution in [1.29, 1.82) is 0 Å². The summed E-state index contributed by atoms with van der Waals surface area (Å²) in [5.74, 6) is -0.744. The predicted octanol–water partition coefficient (Wildman–Crippen LogP) is 3.50. The van der Waals surface area contributed by atoms with E-state index in [0.717, 1.165) is 18.1 Å². The lowest BCUT2D eigenvalue weighted by atomic mass is 10.0. The molecule has 2 amide bonds. The van der Waals surface area contributed by atoms with Crippen molar-refractivity contribution in [3.63, 3.8) is 0 Å². The zero-order valence-corrected chi connectivity index (χ0v) is 18.3. The van der Waals surface area contributed by atoms with Gasteiger partial charge in [0.25, 0.3) is 11.6 Å². The van der Waals surface area contributed by atoms with E-state index in [9.17, 15) is 19.7 Å². The summed E-state index contributed by atoms with van der Waals surface area (Å²) in [7, 11) is 0. The largest absolute Gasteiger partial charge is 0.477 e. The van der Waals surface area contributed by atoms with Crippen LogP contribution >= 0.6 is 11.6 Å². The van der Waals surface area contributed by atoms with Crippen molar-refractivity contribution in [3.05, 3.63) is 62.8 Å². The van der Waals surface area contributed by atoms with Gasteiger partial charge in [0.15, 0.2) is 0 Å². The van der Waals surface area contributed by atoms with Gasteiger partial charge in [0.2, 0.25) is 11.8 Å². The van der Waals surface area contributed by atoms with Crippen molar-refractivity contribution in [2.75, 3.05) is 6.61 Å². The van der Waals surface area contributed by atoms with Crippen LogP contribution in [-0.4, -0.2) is 34.4 Å². The number of nitro groups is 1. The van der Waals surface area contributed by atoms with Crippen LogP contribution in [0.25, 0.3) is 0 Å². The number of non-ortho nitro benzene ring substituents is 1. The van der Waals surface area contributed by atoms with Crippen molar-refractivity contribution in [3.8, 4) is 5.88 Å². The third-order valence-electron chi connectivity index (χ3n) is 4.39. The molecule has 0 aliphatic heterocycles. The Hall–Kier alpha value is -3.20. The third kappa shape index (κ3) is 6.65. The minimum absolute atomic E-state index is 0.0493. The number of carbonyl (C=O) groups excluding carboxylic acids is 2. The number of benzene rings is 1. The maximum Gasteiger partial charge on any atom is 0.270 e. The maximum absolute atomic E-state index is 12.8. The van der Waals surface area contributed by atoms with Gasteiger partial charge in [-0.2, -0.15) is 0 Å². The van der Waals surface area contributed by atoms with Crippen LogP contribution in [0.2, 0.25) is 5.02 Å². The van der Waals surface area contributed by atoms with Crippen molar-refractivity contribution in [1.82, 2.24) is 15.6 Å². The van der Waals surface area contributed by atoms with Crippen molar-refractivity contribution in [2.45, 2.75) is 39.8 Å². The summed E-state index contributed by atoms with van der Waals surface area (Å²) in [6.07, 6.45) is 2.44. The summed E-state index contributed by atoms with van der Waals surface area (Å²) >= 11 is 6.02. The second-order valence-corrected chi connectivity index (χ2v) is 7.56. The highest BCUT2D eigenvalue weighted by molar-refractivity contribution is 6.34. The van der Waals surface area contributed by atoms with E-state index in [1.165, 1.54) is 12.1 Å². The Morgan fingerprint density at radius 1 is 1.29 bits per heavy atom. The lowest BCUT2D eigenvalue weighted by Gasteiger charge is -2.22. The molecule has 1 atom stereocenters. The first kappa shape index (κ1) is 24.1. The van der Waals surface area contributed by atoms with Crippen LogP contribution in [0.15, 0.2) is 36.5 Å². The van der Waals surface area contributed by atoms with Gasteiger partial charge in [-0.25, -0.2) is 4.98 Å². The monoisotopic (exact) mass is 448 g/mol. The highest BCUT2D eigenvalue weighted by atomic mass is 35.5. The Bertz CT molecular complexity index is 951. The van der Waals surface area contributed by atoms with Crippen LogP contribution in [0.3, 0.4) is 0 Å². The number of rotatable bonds is 10. The predicted molar refractivity (Wildman–Crippen MR) is 116 cm³/mol. The van der Waals surface area contributed by atoms with Gasteiger partial charge in [-0.05, 0) is 24.5 Å². The summed E-state index contributed by atoms with van der Waals surface area (Å²) in [6, 6.07) is 6.26.